The SMILES string of the molecule is CCCCCC1(C)C=C(c2ccc(B(O)O)cc2)NO1. The summed E-state index contributed by atoms with van der Waals surface area (Å²) in [6.45, 7) is 4.27. The van der Waals surface area contributed by atoms with Crippen molar-refractivity contribution in [2.75, 3.05) is 0 Å². The lowest BCUT2D eigenvalue weighted by atomic mass is 9.80. The van der Waals surface area contributed by atoms with E-state index in [4.69, 9.17) is 14.9 Å². The van der Waals surface area contributed by atoms with E-state index in [9.17, 15) is 0 Å². The van der Waals surface area contributed by atoms with Crippen LogP contribution in [-0.2, 0) is 4.84 Å². The molecule has 0 spiro atoms. The molecule has 1 aliphatic heterocycles. The molecule has 3 N–H and O–H groups in total. The highest BCUT2D eigenvalue weighted by atomic mass is 16.7. The number of rotatable bonds is 6. The van der Waals surface area contributed by atoms with Crippen LogP contribution in [-0.4, -0.2) is 22.8 Å². The fraction of sp³-hybridized carbons (Fsp3) is 0.467. The summed E-state index contributed by atoms with van der Waals surface area (Å²) in [5.74, 6) is 0. The van der Waals surface area contributed by atoms with Gasteiger partial charge in [0.25, 0.3) is 0 Å². The fourth-order valence-electron chi connectivity index (χ4n) is 2.36. The summed E-state index contributed by atoms with van der Waals surface area (Å²) in [6.07, 6.45) is 6.65. The number of hydrogen-bond donors (Lipinski definition) is 3. The highest BCUT2D eigenvalue weighted by Crippen LogP contribution is 2.29. The fourth-order valence-corrected chi connectivity index (χ4v) is 2.36. The van der Waals surface area contributed by atoms with Crippen molar-refractivity contribution in [3.63, 3.8) is 0 Å². The largest absolute Gasteiger partial charge is 0.488 e. The third kappa shape index (κ3) is 3.63. The lowest BCUT2D eigenvalue weighted by Crippen LogP contribution is -2.29. The predicted octanol–water partition coefficient (Wildman–Crippen LogP) is 1.58. The minimum absolute atomic E-state index is 0.264. The molecule has 1 atom stereocenters. The van der Waals surface area contributed by atoms with Crippen LogP contribution in [0.3, 0.4) is 0 Å². The van der Waals surface area contributed by atoms with Gasteiger partial charge in [0, 0.05) is 0 Å². The molecular formula is C15H22BNO3. The average molecular weight is 275 g/mol. The van der Waals surface area contributed by atoms with Crippen molar-refractivity contribution in [3.8, 4) is 0 Å². The summed E-state index contributed by atoms with van der Waals surface area (Å²) >= 11 is 0. The van der Waals surface area contributed by atoms with Gasteiger partial charge in [-0.3, -0.25) is 10.3 Å². The maximum Gasteiger partial charge on any atom is 0.488 e. The minimum atomic E-state index is -1.43. The molecule has 0 bridgehead atoms. The summed E-state index contributed by atoms with van der Waals surface area (Å²) in [7, 11) is -1.43. The van der Waals surface area contributed by atoms with Gasteiger partial charge in [0.1, 0.15) is 5.60 Å². The molecule has 1 aromatic rings. The van der Waals surface area contributed by atoms with Crippen molar-refractivity contribution in [2.24, 2.45) is 0 Å². The van der Waals surface area contributed by atoms with Crippen molar-refractivity contribution in [1.29, 1.82) is 0 Å². The standard InChI is InChI=1S/C15H22BNO3/c1-3-4-5-10-15(2)11-14(17-20-15)12-6-8-13(9-7-12)16(18)19/h6-9,11,17-19H,3-5,10H2,1-2H3. The monoisotopic (exact) mass is 275 g/mol. The third-order valence-electron chi connectivity index (χ3n) is 3.64. The van der Waals surface area contributed by atoms with Gasteiger partial charge in [-0.05, 0) is 30.4 Å². The predicted molar refractivity (Wildman–Crippen MR) is 81.0 cm³/mol. The highest BCUT2D eigenvalue weighted by Gasteiger charge is 2.29. The molecule has 0 aliphatic carbocycles. The van der Waals surface area contributed by atoms with Crippen LogP contribution in [0.2, 0.25) is 0 Å². The number of benzene rings is 1. The van der Waals surface area contributed by atoms with Gasteiger partial charge in [0.15, 0.2) is 0 Å². The summed E-state index contributed by atoms with van der Waals surface area (Å²) in [5.41, 5.74) is 5.11. The van der Waals surface area contributed by atoms with E-state index >= 15 is 0 Å². The van der Waals surface area contributed by atoms with Crippen LogP contribution >= 0.6 is 0 Å². The zero-order valence-electron chi connectivity index (χ0n) is 12.1. The zero-order valence-corrected chi connectivity index (χ0v) is 12.1. The Morgan fingerprint density at radius 1 is 1.20 bits per heavy atom. The lowest BCUT2D eigenvalue weighted by molar-refractivity contribution is -0.0278. The van der Waals surface area contributed by atoms with Crippen LogP contribution < -0.4 is 10.9 Å². The lowest BCUT2D eigenvalue weighted by Gasteiger charge is -2.19. The van der Waals surface area contributed by atoms with E-state index in [1.54, 1.807) is 12.1 Å². The van der Waals surface area contributed by atoms with E-state index in [1.807, 2.05) is 12.1 Å². The maximum absolute atomic E-state index is 9.08. The summed E-state index contributed by atoms with van der Waals surface area (Å²) in [5, 5.41) is 18.2. The van der Waals surface area contributed by atoms with Gasteiger partial charge in [0.2, 0.25) is 0 Å². The Bertz CT molecular complexity index is 473. The first kappa shape index (κ1) is 15.1. The van der Waals surface area contributed by atoms with Crippen LogP contribution in [0.25, 0.3) is 5.70 Å². The Morgan fingerprint density at radius 2 is 1.90 bits per heavy atom. The van der Waals surface area contributed by atoms with E-state index < -0.39 is 7.12 Å². The van der Waals surface area contributed by atoms with Crippen LogP contribution in [0, 0.1) is 0 Å². The molecule has 1 unspecified atom stereocenters. The third-order valence-corrected chi connectivity index (χ3v) is 3.64. The number of nitrogens with one attached hydrogen (secondary N) is 1. The summed E-state index contributed by atoms with van der Waals surface area (Å²) in [6, 6.07) is 7.12. The molecule has 0 aromatic heterocycles. The smallest absolute Gasteiger partial charge is 0.423 e. The van der Waals surface area contributed by atoms with Crippen molar-refractivity contribution >= 4 is 18.3 Å². The Kier molecular flexibility index (Phi) is 4.86. The maximum atomic E-state index is 9.08. The van der Waals surface area contributed by atoms with Gasteiger partial charge < -0.3 is 10.0 Å². The molecule has 0 radical (unpaired) electrons. The van der Waals surface area contributed by atoms with Crippen molar-refractivity contribution in [3.05, 3.63) is 35.9 Å². The van der Waals surface area contributed by atoms with Gasteiger partial charge in [-0.1, -0.05) is 50.5 Å². The molecular weight excluding hydrogens is 253 g/mol. The summed E-state index contributed by atoms with van der Waals surface area (Å²) in [4.78, 5) is 5.69. The zero-order chi connectivity index (χ0) is 14.6. The molecule has 4 nitrogen and oxygen atoms in total. The van der Waals surface area contributed by atoms with E-state index in [0.29, 0.717) is 5.46 Å². The molecule has 5 heteroatoms. The van der Waals surface area contributed by atoms with Gasteiger partial charge >= 0.3 is 7.12 Å². The van der Waals surface area contributed by atoms with E-state index in [-0.39, 0.29) is 5.60 Å². The number of hydrogen-bond acceptors (Lipinski definition) is 4. The molecule has 0 saturated heterocycles. The first-order valence-electron chi connectivity index (χ1n) is 7.17. The second-order valence-electron chi connectivity index (χ2n) is 5.53. The molecule has 0 saturated carbocycles. The van der Waals surface area contributed by atoms with Crippen molar-refractivity contribution < 1.29 is 14.9 Å². The van der Waals surface area contributed by atoms with Crippen LogP contribution in [0.1, 0.15) is 45.1 Å². The molecule has 1 aromatic carbocycles. The number of hydroxylamine groups is 1. The topological polar surface area (TPSA) is 61.7 Å². The molecule has 0 amide bonds. The van der Waals surface area contributed by atoms with Crippen molar-refractivity contribution in [1.82, 2.24) is 5.48 Å². The molecule has 108 valence electrons. The van der Waals surface area contributed by atoms with Crippen LogP contribution in [0.15, 0.2) is 30.3 Å². The Balaban J connectivity index is 2.05. The molecule has 2 rings (SSSR count). The summed E-state index contributed by atoms with van der Waals surface area (Å²) < 4.78 is 0. The molecule has 20 heavy (non-hydrogen) atoms. The van der Waals surface area contributed by atoms with E-state index in [0.717, 1.165) is 24.1 Å². The highest BCUT2D eigenvalue weighted by molar-refractivity contribution is 6.58. The Morgan fingerprint density at radius 3 is 2.50 bits per heavy atom. The van der Waals surface area contributed by atoms with Gasteiger partial charge in [-0.15, -0.1) is 0 Å². The first-order chi connectivity index (χ1) is 9.54. The molecule has 1 heterocycles. The second kappa shape index (κ2) is 6.44. The van der Waals surface area contributed by atoms with Crippen LogP contribution in [0.5, 0.6) is 0 Å². The van der Waals surface area contributed by atoms with Crippen molar-refractivity contribution in [2.45, 2.75) is 45.1 Å². The van der Waals surface area contributed by atoms with Gasteiger partial charge in [-0.25, -0.2) is 0 Å². The minimum Gasteiger partial charge on any atom is -0.423 e. The quantitative estimate of drug-likeness (QED) is 0.545. The second-order valence-corrected chi connectivity index (χ2v) is 5.53. The first-order valence-corrected chi connectivity index (χ1v) is 7.17. The van der Waals surface area contributed by atoms with Crippen LogP contribution in [0.4, 0.5) is 0 Å². The Hall–Kier alpha value is -1.30. The van der Waals surface area contributed by atoms with Gasteiger partial charge in [0.05, 0.1) is 5.70 Å². The van der Waals surface area contributed by atoms with E-state index in [2.05, 4.69) is 25.4 Å². The number of unbranched alkanes of at least 4 members (excludes halogenated alkanes) is 2. The van der Waals surface area contributed by atoms with E-state index in [1.165, 1.54) is 12.8 Å². The van der Waals surface area contributed by atoms with Gasteiger partial charge in [-0.2, -0.15) is 0 Å². The normalized spacial score (nSPS) is 21.5. The molecule has 0 fully saturated rings. The average Bonchev–Trinajstić information content (AvgIpc) is 2.82. The Labute approximate surface area is 120 Å². The molecule has 1 aliphatic rings.